The molecule has 20 heteroatoms. The highest BCUT2D eigenvalue weighted by molar-refractivity contribution is 5.87. The lowest BCUT2D eigenvalue weighted by molar-refractivity contribution is -0.364. The van der Waals surface area contributed by atoms with E-state index in [1.165, 1.54) is 43.3 Å². The molecule has 3 fully saturated rings. The van der Waals surface area contributed by atoms with Gasteiger partial charge in [0.05, 0.1) is 25.9 Å². The number of hydrogen-bond donors (Lipinski definition) is 12. The maximum absolute atomic E-state index is 13.3. The SMILES string of the molecule is C[C@@H]1O[C@@H](O[C@@H]2[C@@H](O)[C@H](OCCc3ccc(O)c(O)c3)O[C@H](CO[C@@H]3O[C@H](CO)[C@@H](O)[C@H](O)[C@H]3O)[C@H]2OC(=O)/C=C/c2ccc(O)c(O)c2)C(O)[C@H](O)[C@H]1O. The summed E-state index contributed by atoms with van der Waals surface area (Å²) in [5, 5.41) is 123. The number of phenolic OH excluding ortho intramolecular Hbond substituents is 4. The van der Waals surface area contributed by atoms with Gasteiger partial charge in [-0.25, -0.2) is 4.79 Å². The second-order valence-electron chi connectivity index (χ2n) is 13.3. The Morgan fingerprint density at radius 1 is 0.673 bits per heavy atom. The van der Waals surface area contributed by atoms with Gasteiger partial charge < -0.3 is 94.4 Å². The van der Waals surface area contributed by atoms with Gasteiger partial charge in [-0.1, -0.05) is 12.1 Å². The molecule has 3 aliphatic heterocycles. The van der Waals surface area contributed by atoms with Gasteiger partial charge in [-0.2, -0.15) is 0 Å². The summed E-state index contributed by atoms with van der Waals surface area (Å²) in [7, 11) is 0. The number of aliphatic hydroxyl groups excluding tert-OH is 8. The summed E-state index contributed by atoms with van der Waals surface area (Å²) in [4.78, 5) is 13.3. The minimum atomic E-state index is -1.88. The first kappa shape index (κ1) is 42.4. The molecule has 0 saturated carbocycles. The summed E-state index contributed by atoms with van der Waals surface area (Å²) < 4.78 is 40.2. The standard InChI is InChI=1S/C35H46O20/c1-14-24(42)26(44)29(47)35(51-14)55-32-30(48)34(49-9-8-16-3-6-18(38)20(40)11-16)53-22(13-50-33-28(46)27(45)25(43)21(12-36)52-33)31(32)54-23(41)7-4-15-2-5-17(37)19(39)10-15/h2-7,10-11,14,21-22,24-40,42-48H,8-9,12-13H2,1H3/b7-4+/t14-,21+,22+,24-,25+,26+,27-,28+,29?,30+,31+,32+,33+,34+,35-/m0/s1. The second kappa shape index (κ2) is 18.5. The van der Waals surface area contributed by atoms with E-state index in [1.54, 1.807) is 0 Å². The Morgan fingerprint density at radius 2 is 1.29 bits per heavy atom. The molecule has 0 amide bonds. The smallest absolute Gasteiger partial charge is 0.331 e. The van der Waals surface area contributed by atoms with Crippen molar-refractivity contribution in [3.05, 3.63) is 53.6 Å². The van der Waals surface area contributed by atoms with Gasteiger partial charge in [0.25, 0.3) is 0 Å². The number of phenols is 4. The molecule has 12 N–H and O–H groups in total. The molecule has 3 heterocycles. The fourth-order valence-electron chi connectivity index (χ4n) is 6.14. The Hall–Kier alpha value is -3.71. The molecule has 3 saturated heterocycles. The van der Waals surface area contributed by atoms with Crippen LogP contribution in [0, 0.1) is 0 Å². The molecule has 2 aromatic carbocycles. The number of aromatic hydroxyl groups is 4. The summed E-state index contributed by atoms with van der Waals surface area (Å²) in [6, 6.07) is 7.75. The molecule has 2 aromatic rings. The predicted molar refractivity (Wildman–Crippen MR) is 180 cm³/mol. The van der Waals surface area contributed by atoms with Crippen molar-refractivity contribution < 1.29 is 99.2 Å². The molecular formula is C35H46O20. The average Bonchev–Trinajstić information content (AvgIpc) is 3.16. The Bertz CT molecular complexity index is 1610. The maximum atomic E-state index is 13.3. The van der Waals surface area contributed by atoms with Crippen LogP contribution in [0.2, 0.25) is 0 Å². The van der Waals surface area contributed by atoms with E-state index < -0.39 is 123 Å². The lowest BCUT2D eigenvalue weighted by atomic mass is 9.96. The van der Waals surface area contributed by atoms with Gasteiger partial charge in [0.1, 0.15) is 61.0 Å². The van der Waals surface area contributed by atoms with E-state index in [1.807, 2.05) is 0 Å². The zero-order chi connectivity index (χ0) is 40.1. The topological polar surface area (TPSA) is 324 Å². The van der Waals surface area contributed by atoms with Crippen LogP contribution in [0.5, 0.6) is 23.0 Å². The number of rotatable bonds is 13. The number of hydrogen-bond acceptors (Lipinski definition) is 20. The van der Waals surface area contributed by atoms with Gasteiger partial charge in [-0.05, 0) is 54.8 Å². The fraction of sp³-hybridized carbons (Fsp3) is 0.571. The highest BCUT2D eigenvalue weighted by Gasteiger charge is 2.53. The van der Waals surface area contributed by atoms with Crippen molar-refractivity contribution in [1.82, 2.24) is 0 Å². The third kappa shape index (κ3) is 10.0. The Labute approximate surface area is 313 Å². The third-order valence-corrected chi connectivity index (χ3v) is 9.36. The van der Waals surface area contributed by atoms with Gasteiger partial charge in [0, 0.05) is 6.08 Å². The molecule has 0 aromatic heterocycles. The highest BCUT2D eigenvalue weighted by Crippen LogP contribution is 2.33. The van der Waals surface area contributed by atoms with E-state index in [0.29, 0.717) is 5.56 Å². The minimum Gasteiger partial charge on any atom is -0.504 e. The van der Waals surface area contributed by atoms with Crippen LogP contribution in [0.3, 0.4) is 0 Å². The van der Waals surface area contributed by atoms with Gasteiger partial charge in [-0.3, -0.25) is 0 Å². The Kier molecular flexibility index (Phi) is 14.3. The Balaban J connectivity index is 1.43. The molecule has 0 spiro atoms. The zero-order valence-electron chi connectivity index (χ0n) is 29.2. The van der Waals surface area contributed by atoms with Crippen LogP contribution in [-0.2, 0) is 44.4 Å². The van der Waals surface area contributed by atoms with Crippen molar-refractivity contribution in [2.75, 3.05) is 19.8 Å². The fourth-order valence-corrected chi connectivity index (χ4v) is 6.14. The van der Waals surface area contributed by atoms with Gasteiger partial charge >= 0.3 is 5.97 Å². The summed E-state index contributed by atoms with van der Waals surface area (Å²) >= 11 is 0. The average molecular weight is 787 g/mol. The summed E-state index contributed by atoms with van der Waals surface area (Å²) in [5.41, 5.74) is 0.773. The minimum absolute atomic E-state index is 0.111. The first-order chi connectivity index (χ1) is 26.1. The summed E-state index contributed by atoms with van der Waals surface area (Å²) in [5.74, 6) is -2.71. The Morgan fingerprint density at radius 3 is 1.96 bits per heavy atom. The normalized spacial score (nSPS) is 36.9. The van der Waals surface area contributed by atoms with Crippen LogP contribution in [-0.4, -0.2) is 179 Å². The van der Waals surface area contributed by atoms with Crippen molar-refractivity contribution in [3.8, 4) is 23.0 Å². The van der Waals surface area contributed by atoms with E-state index in [0.717, 1.165) is 12.1 Å². The second-order valence-corrected chi connectivity index (χ2v) is 13.3. The van der Waals surface area contributed by atoms with Crippen molar-refractivity contribution >= 4 is 12.0 Å². The number of carbonyl (C=O) groups is 1. The monoisotopic (exact) mass is 786 g/mol. The van der Waals surface area contributed by atoms with Crippen molar-refractivity contribution in [2.45, 2.75) is 105 Å². The van der Waals surface area contributed by atoms with E-state index >= 15 is 0 Å². The molecule has 0 aliphatic carbocycles. The number of benzene rings is 2. The van der Waals surface area contributed by atoms with Crippen LogP contribution in [0.15, 0.2) is 42.5 Å². The molecule has 3 aliphatic rings. The summed E-state index contributed by atoms with van der Waals surface area (Å²) in [6.07, 6.45) is -22.6. The van der Waals surface area contributed by atoms with Crippen molar-refractivity contribution in [3.63, 3.8) is 0 Å². The van der Waals surface area contributed by atoms with Crippen LogP contribution in [0.25, 0.3) is 6.08 Å². The van der Waals surface area contributed by atoms with Gasteiger partial charge in [0.2, 0.25) is 0 Å². The quantitative estimate of drug-likeness (QED) is 0.0541. The van der Waals surface area contributed by atoms with E-state index in [-0.39, 0.29) is 30.1 Å². The van der Waals surface area contributed by atoms with Crippen LogP contribution < -0.4 is 0 Å². The molecule has 15 atom stereocenters. The van der Waals surface area contributed by atoms with Gasteiger partial charge in [0.15, 0.2) is 48.0 Å². The molecule has 0 radical (unpaired) electrons. The lowest BCUT2D eigenvalue weighted by Crippen LogP contribution is -2.65. The molecule has 306 valence electrons. The molecule has 20 nitrogen and oxygen atoms in total. The molecule has 5 rings (SSSR count). The largest absolute Gasteiger partial charge is 0.504 e. The summed E-state index contributed by atoms with van der Waals surface area (Å²) in [6.45, 7) is -0.254. The number of ether oxygens (including phenoxy) is 7. The zero-order valence-corrected chi connectivity index (χ0v) is 29.2. The first-order valence-electron chi connectivity index (χ1n) is 17.2. The van der Waals surface area contributed by atoms with Crippen molar-refractivity contribution in [2.24, 2.45) is 0 Å². The van der Waals surface area contributed by atoms with E-state index in [4.69, 9.17) is 33.2 Å². The lowest BCUT2D eigenvalue weighted by Gasteiger charge is -2.47. The third-order valence-electron chi connectivity index (χ3n) is 9.36. The molecule has 0 bridgehead atoms. The molecule has 1 unspecified atom stereocenters. The van der Waals surface area contributed by atoms with Crippen LogP contribution in [0.1, 0.15) is 18.1 Å². The van der Waals surface area contributed by atoms with Crippen LogP contribution in [0.4, 0.5) is 0 Å². The first-order valence-corrected chi connectivity index (χ1v) is 17.2. The number of carbonyl (C=O) groups excluding carboxylic acids is 1. The van der Waals surface area contributed by atoms with E-state index in [9.17, 15) is 66.1 Å². The van der Waals surface area contributed by atoms with Crippen molar-refractivity contribution in [1.29, 1.82) is 0 Å². The number of aliphatic hydroxyl groups is 8. The highest BCUT2D eigenvalue weighted by atomic mass is 16.8. The van der Waals surface area contributed by atoms with E-state index in [2.05, 4.69) is 0 Å². The number of esters is 1. The predicted octanol–water partition coefficient (Wildman–Crippen LogP) is -3.19. The molecular weight excluding hydrogens is 740 g/mol. The molecule has 55 heavy (non-hydrogen) atoms. The van der Waals surface area contributed by atoms with Crippen LogP contribution >= 0.6 is 0 Å². The maximum Gasteiger partial charge on any atom is 0.331 e. The van der Waals surface area contributed by atoms with Gasteiger partial charge in [-0.15, -0.1) is 0 Å².